The smallest absolute Gasteiger partial charge is 0.347 e. The van der Waals surface area contributed by atoms with E-state index in [0.717, 1.165) is 0 Å². The number of carbonyl (C=O) groups is 5. The van der Waals surface area contributed by atoms with E-state index in [0.29, 0.717) is 43.6 Å². The van der Waals surface area contributed by atoms with Gasteiger partial charge in [0, 0.05) is 47.8 Å². The molecule has 1 fully saturated rings. The zero-order valence-corrected chi connectivity index (χ0v) is 23.2. The van der Waals surface area contributed by atoms with E-state index in [4.69, 9.17) is 23.7 Å². The molecule has 2 aliphatic rings. The molecule has 0 saturated carbocycles. The van der Waals surface area contributed by atoms with Gasteiger partial charge in [0.05, 0.1) is 34.3 Å². The molecule has 12 nitrogen and oxygen atoms in total. The van der Waals surface area contributed by atoms with Crippen LogP contribution in [0.25, 0.3) is 43.6 Å². The molecule has 3 aromatic carbocycles. The van der Waals surface area contributed by atoms with Crippen LogP contribution in [0.4, 0.5) is 0 Å². The summed E-state index contributed by atoms with van der Waals surface area (Å²) in [6.45, 7) is 3.40. The molecule has 2 aromatic heterocycles. The van der Waals surface area contributed by atoms with Crippen molar-refractivity contribution in [2.75, 3.05) is 6.61 Å². The van der Waals surface area contributed by atoms with Crippen LogP contribution in [0.3, 0.4) is 0 Å². The molecule has 0 bridgehead atoms. The number of benzene rings is 3. The lowest BCUT2D eigenvalue weighted by Crippen LogP contribution is -2.55. The number of hydrogen-bond acceptors (Lipinski definition) is 10. The lowest BCUT2D eigenvalue weighted by molar-refractivity contribution is -0.238. The van der Waals surface area contributed by atoms with E-state index < -0.39 is 54.4 Å². The first-order valence-corrected chi connectivity index (χ1v) is 13.5. The number of nitrogens with zero attached hydrogens (tertiary/aromatic N) is 1. The molecule has 0 radical (unpaired) electrons. The maximum Gasteiger partial charge on any atom is 0.347 e. The van der Waals surface area contributed by atoms with Gasteiger partial charge >= 0.3 is 29.8 Å². The van der Waals surface area contributed by atoms with Gasteiger partial charge in [-0.25, -0.2) is 9.59 Å². The van der Waals surface area contributed by atoms with E-state index in [1.165, 1.54) is 20.8 Å². The Kier molecular flexibility index (Phi) is 5.99. The van der Waals surface area contributed by atoms with Crippen LogP contribution >= 0.6 is 0 Å². The van der Waals surface area contributed by atoms with Crippen LogP contribution in [-0.2, 0) is 38.1 Å². The number of cyclic esters (lactones) is 2. The van der Waals surface area contributed by atoms with Crippen LogP contribution in [0.5, 0.6) is 0 Å². The highest BCUT2D eigenvalue weighted by Crippen LogP contribution is 2.47. The van der Waals surface area contributed by atoms with Gasteiger partial charge in [0.2, 0.25) is 0 Å². The molecule has 218 valence electrons. The van der Waals surface area contributed by atoms with Gasteiger partial charge in [0.1, 0.15) is 0 Å². The average Bonchev–Trinajstić information content (AvgIpc) is 3.59. The first-order chi connectivity index (χ1) is 20.7. The van der Waals surface area contributed by atoms with Crippen molar-refractivity contribution in [1.82, 2.24) is 9.55 Å². The average molecular weight is 585 g/mol. The fourth-order valence-electron chi connectivity index (χ4n) is 6.39. The van der Waals surface area contributed by atoms with Crippen molar-refractivity contribution in [3.63, 3.8) is 0 Å². The molecule has 0 spiro atoms. The Hall–Kier alpha value is -5.23. The van der Waals surface area contributed by atoms with Crippen LogP contribution in [-0.4, -0.2) is 64.3 Å². The Morgan fingerprint density at radius 2 is 1.40 bits per heavy atom. The first kappa shape index (κ1) is 26.7. The van der Waals surface area contributed by atoms with Gasteiger partial charge in [-0.05, 0) is 12.1 Å². The van der Waals surface area contributed by atoms with Crippen molar-refractivity contribution >= 4 is 73.5 Å². The SMILES string of the molecule is CC(=O)O[C@@H]1[C@@H](OC(C)=O)[C@H](OC(C)=O)CO[C@H]1n1c2ccccc2c2c3c(c4c5ccccc5[nH]c4c21)C(=O)OC3=O. The highest BCUT2D eigenvalue weighted by Gasteiger charge is 2.49. The van der Waals surface area contributed by atoms with Gasteiger partial charge < -0.3 is 33.2 Å². The first-order valence-electron chi connectivity index (χ1n) is 13.5. The Morgan fingerprint density at radius 3 is 2.09 bits per heavy atom. The Labute approximate surface area is 242 Å². The third-order valence-electron chi connectivity index (χ3n) is 7.78. The molecule has 7 rings (SSSR count). The number of carbonyl (C=O) groups excluding carboxylic acids is 5. The van der Waals surface area contributed by atoms with E-state index >= 15 is 0 Å². The molecular weight excluding hydrogens is 560 g/mol. The molecule has 0 aliphatic carbocycles. The van der Waals surface area contributed by atoms with E-state index in [2.05, 4.69) is 4.98 Å². The largest absolute Gasteiger partial charge is 0.456 e. The highest BCUT2D eigenvalue weighted by molar-refractivity contribution is 6.36. The summed E-state index contributed by atoms with van der Waals surface area (Å²) >= 11 is 0. The molecule has 0 unspecified atom stereocenters. The number of fused-ring (bicyclic) bond motifs is 10. The van der Waals surface area contributed by atoms with Crippen LogP contribution in [0, 0.1) is 0 Å². The molecule has 4 heterocycles. The summed E-state index contributed by atoms with van der Waals surface area (Å²) in [4.78, 5) is 66.4. The number of rotatable bonds is 4. The number of hydrogen-bond donors (Lipinski definition) is 1. The van der Waals surface area contributed by atoms with Gasteiger partial charge in [-0.15, -0.1) is 0 Å². The third kappa shape index (κ3) is 3.97. The second-order valence-corrected chi connectivity index (χ2v) is 10.5. The number of H-pyrrole nitrogens is 1. The number of aromatic nitrogens is 2. The summed E-state index contributed by atoms with van der Waals surface area (Å²) in [6.07, 6.45) is -4.69. The van der Waals surface area contributed by atoms with Crippen molar-refractivity contribution in [1.29, 1.82) is 0 Å². The lowest BCUT2D eigenvalue weighted by atomic mass is 9.96. The number of esters is 5. The molecule has 5 aromatic rings. The fraction of sp³-hybridized carbons (Fsp3) is 0.258. The van der Waals surface area contributed by atoms with Crippen molar-refractivity contribution in [2.45, 2.75) is 45.3 Å². The predicted octanol–water partition coefficient (Wildman–Crippen LogP) is 4.06. The summed E-state index contributed by atoms with van der Waals surface area (Å²) < 4.78 is 29.9. The van der Waals surface area contributed by atoms with Crippen molar-refractivity contribution < 1.29 is 47.7 Å². The van der Waals surface area contributed by atoms with Crippen LogP contribution in [0.15, 0.2) is 48.5 Å². The fourth-order valence-corrected chi connectivity index (χ4v) is 6.39. The van der Waals surface area contributed by atoms with Gasteiger partial charge in [0.25, 0.3) is 0 Å². The Balaban J connectivity index is 1.60. The van der Waals surface area contributed by atoms with Crippen molar-refractivity contribution in [3.05, 3.63) is 59.7 Å². The normalized spacial score (nSPS) is 21.7. The summed E-state index contributed by atoms with van der Waals surface area (Å²) in [6, 6.07) is 14.5. The summed E-state index contributed by atoms with van der Waals surface area (Å²) in [5.74, 6) is -3.54. The molecule has 0 amide bonds. The lowest BCUT2D eigenvalue weighted by Gasteiger charge is -2.41. The van der Waals surface area contributed by atoms with E-state index in [1.807, 2.05) is 24.3 Å². The molecular formula is C31H24N2O10. The minimum absolute atomic E-state index is 0.112. The van der Waals surface area contributed by atoms with Crippen molar-refractivity contribution in [2.24, 2.45) is 0 Å². The summed E-state index contributed by atoms with van der Waals surface area (Å²) in [5, 5.41) is 2.24. The third-order valence-corrected chi connectivity index (χ3v) is 7.78. The Morgan fingerprint density at radius 1 is 0.791 bits per heavy atom. The zero-order chi connectivity index (χ0) is 30.2. The van der Waals surface area contributed by atoms with Gasteiger partial charge in [-0.3, -0.25) is 14.4 Å². The number of para-hydroxylation sites is 2. The second kappa shape index (κ2) is 9.66. The van der Waals surface area contributed by atoms with Gasteiger partial charge in [0.15, 0.2) is 24.5 Å². The minimum atomic E-state index is -1.28. The number of ether oxygens (including phenoxy) is 5. The van der Waals surface area contributed by atoms with E-state index in [1.54, 1.807) is 28.8 Å². The molecule has 2 aliphatic heterocycles. The molecule has 1 saturated heterocycles. The highest BCUT2D eigenvalue weighted by atomic mass is 16.6. The van der Waals surface area contributed by atoms with Crippen LogP contribution in [0.2, 0.25) is 0 Å². The maximum atomic E-state index is 13.3. The standard InChI is InChI=1S/C31H24N2O10/c1-13(34)40-20-12-39-29(28(42-15(3)36)27(20)41-14(2)35)33-19-11-7-5-9-17(19)22-24-23(30(37)43-31(24)38)21-16-8-4-6-10-18(16)32-25(21)26(22)33/h4-11,20,27-29,32H,12H2,1-3H3/t20-,27+,28-,29-/m1/s1. The van der Waals surface area contributed by atoms with Gasteiger partial charge in [-0.2, -0.15) is 0 Å². The van der Waals surface area contributed by atoms with E-state index in [9.17, 15) is 24.0 Å². The monoisotopic (exact) mass is 584 g/mol. The Bertz CT molecular complexity index is 2050. The molecule has 12 heteroatoms. The van der Waals surface area contributed by atoms with Gasteiger partial charge in [-0.1, -0.05) is 36.4 Å². The summed E-state index contributed by atoms with van der Waals surface area (Å²) in [7, 11) is 0. The molecule has 1 N–H and O–H groups in total. The maximum absolute atomic E-state index is 13.3. The molecule has 43 heavy (non-hydrogen) atoms. The summed E-state index contributed by atoms with van der Waals surface area (Å²) in [5.41, 5.74) is 2.56. The predicted molar refractivity (Wildman–Crippen MR) is 150 cm³/mol. The van der Waals surface area contributed by atoms with Crippen molar-refractivity contribution in [3.8, 4) is 0 Å². The van der Waals surface area contributed by atoms with Crippen LogP contribution in [0.1, 0.15) is 47.7 Å². The number of nitrogens with one attached hydrogen (secondary N) is 1. The second-order valence-electron chi connectivity index (χ2n) is 10.5. The number of aromatic amines is 1. The molecule has 4 atom stereocenters. The minimum Gasteiger partial charge on any atom is -0.456 e. The zero-order valence-electron chi connectivity index (χ0n) is 23.2. The topological polar surface area (TPSA) is 152 Å². The van der Waals surface area contributed by atoms with E-state index in [-0.39, 0.29) is 17.7 Å². The quantitative estimate of drug-likeness (QED) is 0.186. The van der Waals surface area contributed by atoms with Crippen LogP contribution < -0.4 is 0 Å².